The third kappa shape index (κ3) is 4.27. The number of benzene rings is 1. The lowest BCUT2D eigenvalue weighted by molar-refractivity contribution is 0.0950. The molecule has 1 N–H and O–H groups in total. The second kappa shape index (κ2) is 7.67. The molecule has 3 aromatic rings. The smallest absolute Gasteiger partial charge is 0.251 e. The van der Waals surface area contributed by atoms with Crippen LogP contribution in [0, 0.1) is 0 Å². The molecule has 0 bridgehead atoms. The topological polar surface area (TPSA) is 75.9 Å². The Labute approximate surface area is 146 Å². The monoisotopic (exact) mass is 336 g/mol. The Morgan fingerprint density at radius 1 is 1.20 bits per heavy atom. The highest BCUT2D eigenvalue weighted by Gasteiger charge is 2.10. The third-order valence-electron chi connectivity index (χ3n) is 3.71. The van der Waals surface area contributed by atoms with E-state index in [1.54, 1.807) is 24.7 Å². The molecule has 0 spiro atoms. The van der Waals surface area contributed by atoms with Crippen LogP contribution in [0.2, 0.25) is 0 Å². The molecular weight excluding hydrogens is 316 g/mol. The van der Waals surface area contributed by atoms with Crippen LogP contribution in [0.4, 0.5) is 0 Å². The zero-order valence-corrected chi connectivity index (χ0v) is 14.3. The summed E-state index contributed by atoms with van der Waals surface area (Å²) in [5, 5.41) is 7.00. The quantitative estimate of drug-likeness (QED) is 0.741. The van der Waals surface area contributed by atoms with E-state index in [0.717, 1.165) is 12.1 Å². The molecule has 0 unspecified atom stereocenters. The molecular formula is C18H20N6O. The minimum Gasteiger partial charge on any atom is -0.348 e. The third-order valence-corrected chi connectivity index (χ3v) is 3.71. The first-order chi connectivity index (χ1) is 12.1. The Balaban J connectivity index is 1.70. The van der Waals surface area contributed by atoms with Crippen LogP contribution in [-0.2, 0) is 13.1 Å². The lowest BCUT2D eigenvalue weighted by atomic mass is 10.1. The van der Waals surface area contributed by atoms with E-state index in [-0.39, 0.29) is 5.91 Å². The van der Waals surface area contributed by atoms with Crippen molar-refractivity contribution in [2.24, 2.45) is 0 Å². The number of nitrogens with zero attached hydrogens (tertiary/aromatic N) is 5. The van der Waals surface area contributed by atoms with E-state index in [1.807, 2.05) is 32.3 Å². The molecule has 0 radical (unpaired) electrons. The molecule has 0 aliphatic heterocycles. The molecule has 0 atom stereocenters. The van der Waals surface area contributed by atoms with Crippen LogP contribution in [0.25, 0.3) is 5.82 Å². The molecule has 7 heteroatoms. The van der Waals surface area contributed by atoms with Gasteiger partial charge in [-0.3, -0.25) is 4.79 Å². The molecule has 128 valence electrons. The molecule has 0 saturated heterocycles. The fraction of sp³-hybridized carbons (Fsp3) is 0.222. The van der Waals surface area contributed by atoms with Gasteiger partial charge in [-0.1, -0.05) is 24.3 Å². The van der Waals surface area contributed by atoms with Gasteiger partial charge in [0.25, 0.3) is 5.91 Å². The molecule has 0 saturated carbocycles. The van der Waals surface area contributed by atoms with E-state index in [2.05, 4.69) is 31.3 Å². The summed E-state index contributed by atoms with van der Waals surface area (Å²) in [6.45, 7) is 1.31. The van der Waals surface area contributed by atoms with Crippen LogP contribution in [0.3, 0.4) is 0 Å². The summed E-state index contributed by atoms with van der Waals surface area (Å²) in [5.41, 5.74) is 2.84. The van der Waals surface area contributed by atoms with E-state index in [9.17, 15) is 4.79 Å². The Morgan fingerprint density at radius 3 is 2.72 bits per heavy atom. The fourth-order valence-corrected chi connectivity index (χ4v) is 2.51. The van der Waals surface area contributed by atoms with Crippen molar-refractivity contribution in [3.63, 3.8) is 0 Å². The highest BCUT2D eigenvalue weighted by molar-refractivity contribution is 5.94. The molecule has 2 aromatic heterocycles. The first-order valence-electron chi connectivity index (χ1n) is 7.94. The number of pyridine rings is 1. The zero-order chi connectivity index (χ0) is 17.6. The van der Waals surface area contributed by atoms with Crippen molar-refractivity contribution in [2.75, 3.05) is 14.1 Å². The molecule has 7 nitrogen and oxygen atoms in total. The van der Waals surface area contributed by atoms with E-state index in [1.165, 1.54) is 16.6 Å². The van der Waals surface area contributed by atoms with Crippen molar-refractivity contribution < 1.29 is 4.79 Å². The second-order valence-corrected chi connectivity index (χ2v) is 5.93. The van der Waals surface area contributed by atoms with Crippen molar-refractivity contribution in [3.8, 4) is 5.82 Å². The Hall–Kier alpha value is -3.06. The van der Waals surface area contributed by atoms with Crippen LogP contribution < -0.4 is 5.32 Å². The number of aromatic nitrogens is 4. The van der Waals surface area contributed by atoms with Gasteiger partial charge in [0, 0.05) is 24.8 Å². The molecule has 25 heavy (non-hydrogen) atoms. The minimum atomic E-state index is -0.150. The van der Waals surface area contributed by atoms with Gasteiger partial charge in [0.2, 0.25) is 0 Å². The molecule has 0 fully saturated rings. The number of hydrogen-bond acceptors (Lipinski definition) is 5. The second-order valence-electron chi connectivity index (χ2n) is 5.93. The van der Waals surface area contributed by atoms with E-state index < -0.39 is 0 Å². The highest BCUT2D eigenvalue weighted by Crippen LogP contribution is 2.11. The maximum absolute atomic E-state index is 12.5. The first kappa shape index (κ1) is 16.8. The van der Waals surface area contributed by atoms with Crippen molar-refractivity contribution in [1.82, 2.24) is 30.0 Å². The molecule has 0 aliphatic carbocycles. The molecule has 2 heterocycles. The zero-order valence-electron chi connectivity index (χ0n) is 14.3. The summed E-state index contributed by atoms with van der Waals surface area (Å²) in [5.74, 6) is 0.404. The van der Waals surface area contributed by atoms with E-state index in [0.29, 0.717) is 17.9 Å². The highest BCUT2D eigenvalue weighted by atomic mass is 16.1. The minimum absolute atomic E-state index is 0.150. The number of amides is 1. The van der Waals surface area contributed by atoms with E-state index in [4.69, 9.17) is 0 Å². The predicted octanol–water partition coefficient (Wildman–Crippen LogP) is 1.65. The summed E-state index contributed by atoms with van der Waals surface area (Å²) >= 11 is 0. The molecule has 3 rings (SSSR count). The van der Waals surface area contributed by atoms with Gasteiger partial charge in [-0.2, -0.15) is 5.10 Å². The van der Waals surface area contributed by atoms with Crippen molar-refractivity contribution in [1.29, 1.82) is 0 Å². The van der Waals surface area contributed by atoms with Gasteiger partial charge < -0.3 is 10.2 Å². The molecule has 1 amide bonds. The Bertz CT molecular complexity index is 844. The van der Waals surface area contributed by atoms with Gasteiger partial charge in [-0.25, -0.2) is 14.6 Å². The van der Waals surface area contributed by atoms with Crippen LogP contribution in [0.15, 0.2) is 55.2 Å². The number of carbonyl (C=O) groups is 1. The summed E-state index contributed by atoms with van der Waals surface area (Å²) in [4.78, 5) is 22.7. The molecule has 1 aromatic carbocycles. The van der Waals surface area contributed by atoms with Gasteiger partial charge in [0.15, 0.2) is 5.82 Å². The van der Waals surface area contributed by atoms with Crippen molar-refractivity contribution in [3.05, 3.63) is 71.9 Å². The summed E-state index contributed by atoms with van der Waals surface area (Å²) < 4.78 is 1.52. The van der Waals surface area contributed by atoms with Gasteiger partial charge in [-0.15, -0.1) is 0 Å². The number of rotatable bonds is 6. The maximum Gasteiger partial charge on any atom is 0.251 e. The van der Waals surface area contributed by atoms with Gasteiger partial charge in [-0.05, 0) is 37.4 Å². The van der Waals surface area contributed by atoms with Crippen molar-refractivity contribution in [2.45, 2.75) is 13.1 Å². The predicted molar refractivity (Wildman–Crippen MR) is 94.2 cm³/mol. The van der Waals surface area contributed by atoms with Gasteiger partial charge >= 0.3 is 0 Å². The largest absolute Gasteiger partial charge is 0.348 e. The standard InChI is InChI=1S/C18H20N6O/c1-23(2)11-16-6-4-3-5-15(16)10-21-18(25)14-7-8-20-17(9-14)24-13-19-12-22-24/h3-9,12-13H,10-11H2,1-2H3,(H,21,25). The van der Waals surface area contributed by atoms with Crippen LogP contribution in [-0.4, -0.2) is 44.7 Å². The average molecular weight is 336 g/mol. The summed E-state index contributed by atoms with van der Waals surface area (Å²) in [6.07, 6.45) is 4.56. The SMILES string of the molecule is CN(C)Cc1ccccc1CNC(=O)c1ccnc(-n2cncn2)c1. The molecule has 0 aliphatic rings. The number of carbonyl (C=O) groups excluding carboxylic acids is 1. The van der Waals surface area contributed by atoms with Crippen LogP contribution >= 0.6 is 0 Å². The van der Waals surface area contributed by atoms with E-state index >= 15 is 0 Å². The fourth-order valence-electron chi connectivity index (χ4n) is 2.51. The normalized spacial score (nSPS) is 10.8. The lowest BCUT2D eigenvalue weighted by Gasteiger charge is -2.14. The average Bonchev–Trinajstić information content (AvgIpc) is 3.15. The summed E-state index contributed by atoms with van der Waals surface area (Å²) in [6, 6.07) is 11.5. The maximum atomic E-state index is 12.5. The first-order valence-corrected chi connectivity index (χ1v) is 7.94. The Morgan fingerprint density at radius 2 is 2.00 bits per heavy atom. The number of hydrogen-bond donors (Lipinski definition) is 1. The van der Waals surface area contributed by atoms with Crippen LogP contribution in [0.1, 0.15) is 21.5 Å². The summed E-state index contributed by atoms with van der Waals surface area (Å²) in [7, 11) is 4.05. The van der Waals surface area contributed by atoms with Gasteiger partial charge in [0.05, 0.1) is 0 Å². The van der Waals surface area contributed by atoms with Gasteiger partial charge in [0.1, 0.15) is 12.7 Å². The van der Waals surface area contributed by atoms with Crippen LogP contribution in [0.5, 0.6) is 0 Å². The lowest BCUT2D eigenvalue weighted by Crippen LogP contribution is -2.24. The number of nitrogens with one attached hydrogen (secondary N) is 1. The Kier molecular flexibility index (Phi) is 5.15. The van der Waals surface area contributed by atoms with Crippen molar-refractivity contribution >= 4 is 5.91 Å².